The zero-order valence-corrected chi connectivity index (χ0v) is 6.64. The van der Waals surface area contributed by atoms with Gasteiger partial charge in [-0.3, -0.25) is 9.97 Å². The highest BCUT2D eigenvalue weighted by Crippen LogP contribution is 1.87. The molecule has 0 aliphatic rings. The third-order valence-corrected chi connectivity index (χ3v) is 2.31. The molecule has 1 aromatic heterocycles. The van der Waals surface area contributed by atoms with Gasteiger partial charge < -0.3 is 10.1 Å². The Morgan fingerprint density at radius 2 is 2.10 bits per heavy atom. The minimum Gasteiger partial charge on any atom is -0.418 e. The van der Waals surface area contributed by atoms with Crippen LogP contribution in [-0.2, 0) is 10.1 Å². The Kier molecular flexibility index (Phi) is 2.45. The predicted molar refractivity (Wildman–Crippen MR) is 46.5 cm³/mol. The van der Waals surface area contributed by atoms with Crippen molar-refractivity contribution in [2.24, 2.45) is 0 Å². The predicted octanol–water partition coefficient (Wildman–Crippen LogP) is 0.708. The average molecular weight is 153 g/mol. The minimum absolute atomic E-state index is 0.138. The topological polar surface area (TPSA) is 25.8 Å². The van der Waals surface area contributed by atoms with Crippen molar-refractivity contribution in [2.75, 3.05) is 0 Å². The molecule has 0 aromatic carbocycles. The van der Waals surface area contributed by atoms with E-state index in [1.165, 1.54) is 0 Å². The van der Waals surface area contributed by atoms with Gasteiger partial charge in [0.05, 0.1) is 0 Å². The summed E-state index contributed by atoms with van der Waals surface area (Å²) in [7, 11) is -0.138. The van der Waals surface area contributed by atoms with Crippen LogP contribution in [-0.4, -0.2) is 21.2 Å². The summed E-state index contributed by atoms with van der Waals surface area (Å²) in [6, 6.07) is 1.80. The van der Waals surface area contributed by atoms with Crippen LogP contribution in [0.1, 0.15) is 6.92 Å². The molecule has 0 atom stereocenters. The second-order valence-electron chi connectivity index (χ2n) is 1.70. The first-order chi connectivity index (χ1) is 4.84. The van der Waals surface area contributed by atoms with E-state index in [1.807, 2.05) is 12.3 Å². The molecule has 10 heavy (non-hydrogen) atoms. The van der Waals surface area contributed by atoms with Gasteiger partial charge in [-0.15, -0.1) is 0 Å². The summed E-state index contributed by atoms with van der Waals surface area (Å²) in [5.74, 6) is 3.87. The van der Waals surface area contributed by atoms with Gasteiger partial charge in [-0.25, -0.2) is 11.2 Å². The van der Waals surface area contributed by atoms with E-state index < -0.39 is 0 Å². The van der Waals surface area contributed by atoms with Crippen LogP contribution in [0.25, 0.3) is 0 Å². The van der Waals surface area contributed by atoms with Crippen molar-refractivity contribution in [2.45, 2.75) is 12.1 Å². The summed E-state index contributed by atoms with van der Waals surface area (Å²) in [6.07, 6.45) is 3.47. The van der Waals surface area contributed by atoms with Gasteiger partial charge in [-0.2, -0.15) is 0 Å². The lowest BCUT2D eigenvalue weighted by atomic mass is 10.7. The molecule has 2 nitrogen and oxygen atoms in total. The van der Waals surface area contributed by atoms with Crippen LogP contribution in [0.4, 0.5) is 0 Å². The number of hydrogen-bond donors (Lipinski definition) is 0. The Morgan fingerprint density at radius 1 is 1.50 bits per heavy atom. The molecule has 0 amide bonds. The number of rotatable bonds is 1. The molecule has 1 heterocycles. The third kappa shape index (κ3) is 1.57. The maximum Gasteiger partial charge on any atom is 0.0332 e. The molecular weight excluding hydrogens is 144 g/mol. The van der Waals surface area contributed by atoms with E-state index in [1.54, 1.807) is 18.5 Å². The highest BCUT2D eigenvalue weighted by Gasteiger charge is 1.73. The van der Waals surface area contributed by atoms with E-state index in [4.69, 9.17) is 0 Å². The van der Waals surface area contributed by atoms with Crippen LogP contribution in [0.5, 0.6) is 0 Å². The first-order valence-corrected chi connectivity index (χ1v) is 4.39. The second-order valence-corrected chi connectivity index (χ2v) is 3.39. The highest BCUT2D eigenvalue weighted by molar-refractivity contribution is 7.92. The summed E-state index contributed by atoms with van der Waals surface area (Å²) >= 11 is 0. The van der Waals surface area contributed by atoms with E-state index in [0.717, 1.165) is 5.16 Å². The largest absolute Gasteiger partial charge is 0.418 e. The van der Waals surface area contributed by atoms with Crippen molar-refractivity contribution in [1.29, 1.82) is 0 Å². The third-order valence-electron chi connectivity index (χ3n) is 1.06. The lowest BCUT2D eigenvalue weighted by Gasteiger charge is -2.03. The van der Waals surface area contributed by atoms with Gasteiger partial charge in [-0.05, 0) is 6.07 Å². The van der Waals surface area contributed by atoms with Crippen LogP contribution < -0.4 is 0 Å². The molecule has 0 unspecified atom stereocenters. The molecule has 0 N–H and O–H groups in total. The van der Waals surface area contributed by atoms with Crippen LogP contribution in [0.15, 0.2) is 23.6 Å². The Bertz CT molecular complexity index is 273. The molecule has 0 bridgehead atoms. The summed E-state index contributed by atoms with van der Waals surface area (Å²) in [5.41, 5.74) is 0. The molecule has 0 saturated carbocycles. The van der Waals surface area contributed by atoms with E-state index in [-0.39, 0.29) is 10.1 Å². The van der Waals surface area contributed by atoms with Crippen LogP contribution in [0, 0.1) is 0 Å². The van der Waals surface area contributed by atoms with Crippen LogP contribution in [0.2, 0.25) is 0 Å². The summed E-state index contributed by atoms with van der Waals surface area (Å²) in [4.78, 5) is 8.11. The maximum absolute atomic E-state index is 4.06. The first kappa shape index (κ1) is 7.28. The molecule has 3 heteroatoms. The molecule has 0 fully saturated rings. The van der Waals surface area contributed by atoms with Crippen LogP contribution in [0.3, 0.4) is 0 Å². The minimum atomic E-state index is -0.138. The SMILES string of the molecule is C=[S-](=CC)c1ncccn1. The van der Waals surface area contributed by atoms with Crippen molar-refractivity contribution < 1.29 is 0 Å². The summed E-state index contributed by atoms with van der Waals surface area (Å²) < 4.78 is 0. The zero-order valence-electron chi connectivity index (χ0n) is 5.82. The zero-order chi connectivity index (χ0) is 7.40. The quantitative estimate of drug-likeness (QED) is 0.337. The normalized spacial score (nSPS) is 13.3. The van der Waals surface area contributed by atoms with Gasteiger partial charge in [0, 0.05) is 17.6 Å². The van der Waals surface area contributed by atoms with Gasteiger partial charge in [0.15, 0.2) is 0 Å². The van der Waals surface area contributed by atoms with Crippen molar-refractivity contribution >= 4 is 21.3 Å². The van der Waals surface area contributed by atoms with E-state index in [2.05, 4.69) is 15.8 Å². The average Bonchev–Trinajstić information content (AvgIpc) is 2.05. The fourth-order valence-electron chi connectivity index (χ4n) is 0.526. The van der Waals surface area contributed by atoms with Crippen LogP contribution >= 0.6 is 0 Å². The number of aromatic nitrogens is 2. The molecule has 0 radical (unpaired) electrons. The first-order valence-electron chi connectivity index (χ1n) is 2.94. The Labute approximate surface area is 62.5 Å². The van der Waals surface area contributed by atoms with E-state index in [0.29, 0.717) is 0 Å². The summed E-state index contributed by atoms with van der Waals surface area (Å²) in [5, 5.41) is 2.81. The highest BCUT2D eigenvalue weighted by atomic mass is 32.2. The molecule has 1 rings (SSSR count). The smallest absolute Gasteiger partial charge is 0.0332 e. The second kappa shape index (κ2) is 3.37. The monoisotopic (exact) mass is 153 g/mol. The molecule has 0 saturated heterocycles. The Balaban J connectivity index is 3.08. The van der Waals surface area contributed by atoms with Crippen molar-refractivity contribution in [3.8, 4) is 0 Å². The summed E-state index contributed by atoms with van der Waals surface area (Å²) in [6.45, 7) is 1.96. The molecule has 0 aliphatic heterocycles. The maximum atomic E-state index is 4.06. The molecule has 0 spiro atoms. The molecular formula is C7H9N2S-. The Morgan fingerprint density at radius 3 is 2.60 bits per heavy atom. The van der Waals surface area contributed by atoms with E-state index in [9.17, 15) is 0 Å². The fraction of sp³-hybridized carbons (Fsp3) is 0.143. The van der Waals surface area contributed by atoms with Gasteiger partial charge in [0.2, 0.25) is 0 Å². The molecule has 54 valence electrons. The van der Waals surface area contributed by atoms with Gasteiger partial charge in [-0.1, -0.05) is 6.92 Å². The number of hydrogen-bond acceptors (Lipinski definition) is 3. The fourth-order valence-corrected chi connectivity index (χ4v) is 1.13. The lowest BCUT2D eigenvalue weighted by molar-refractivity contribution is 0.971. The van der Waals surface area contributed by atoms with Crippen molar-refractivity contribution in [3.05, 3.63) is 18.5 Å². The Hall–Kier alpha value is -0.830. The van der Waals surface area contributed by atoms with Crippen molar-refractivity contribution in [3.63, 3.8) is 0 Å². The molecule has 1 aromatic rings. The van der Waals surface area contributed by atoms with E-state index >= 15 is 0 Å². The van der Waals surface area contributed by atoms with Gasteiger partial charge >= 0.3 is 0 Å². The van der Waals surface area contributed by atoms with Crippen molar-refractivity contribution in [1.82, 2.24) is 9.97 Å². The van der Waals surface area contributed by atoms with Gasteiger partial charge in [0.1, 0.15) is 0 Å². The standard InChI is InChI=1S/C7H9N2S/c1-3-10(2)7-8-5-4-6-9-7/h3-6H,2H2,1H3/q-1. The lowest BCUT2D eigenvalue weighted by Crippen LogP contribution is -1.90. The number of nitrogens with zero attached hydrogens (tertiary/aromatic N) is 2. The molecule has 0 aliphatic carbocycles. The van der Waals surface area contributed by atoms with Gasteiger partial charge in [0.25, 0.3) is 0 Å².